The predicted octanol–water partition coefficient (Wildman–Crippen LogP) is 1.96. The lowest BCUT2D eigenvalue weighted by Gasteiger charge is -2.22. The van der Waals surface area contributed by atoms with Gasteiger partial charge in [-0.2, -0.15) is 13.2 Å². The Kier molecular flexibility index (Phi) is 4.97. The number of carbonyl (C=O) groups excluding carboxylic acids is 2. The van der Waals surface area contributed by atoms with E-state index in [1.807, 2.05) is 0 Å². The van der Waals surface area contributed by atoms with E-state index in [0.29, 0.717) is 12.3 Å². The van der Waals surface area contributed by atoms with Gasteiger partial charge in [-0.25, -0.2) is 4.98 Å². The first kappa shape index (κ1) is 18.0. The number of alkyl halides is 3. The summed E-state index contributed by atoms with van der Waals surface area (Å²) in [5.74, 6) is -1.04. The minimum Gasteiger partial charge on any atom is -0.382 e. The molecule has 0 aliphatic carbocycles. The van der Waals surface area contributed by atoms with Crippen molar-refractivity contribution in [1.82, 2.24) is 10.4 Å². The molecule has 0 saturated heterocycles. The van der Waals surface area contributed by atoms with E-state index in [1.165, 1.54) is 14.0 Å². The molecule has 1 aromatic rings. The van der Waals surface area contributed by atoms with Crippen LogP contribution in [0.25, 0.3) is 0 Å². The van der Waals surface area contributed by atoms with Gasteiger partial charge in [0.15, 0.2) is 11.6 Å². The fraction of sp³-hybridized carbons (Fsp3) is 0.385. The van der Waals surface area contributed by atoms with Crippen LogP contribution in [0.5, 0.6) is 0 Å². The lowest BCUT2D eigenvalue weighted by Crippen LogP contribution is -2.45. The lowest BCUT2D eigenvalue weighted by atomic mass is 10.1. The quantitative estimate of drug-likeness (QED) is 0.826. The van der Waals surface area contributed by atoms with Crippen molar-refractivity contribution < 1.29 is 27.6 Å². The highest BCUT2D eigenvalue weighted by Gasteiger charge is 2.33. The van der Waals surface area contributed by atoms with Crippen LogP contribution in [0.1, 0.15) is 18.9 Å². The largest absolute Gasteiger partial charge is 0.417 e. The van der Waals surface area contributed by atoms with Crippen LogP contribution in [0.2, 0.25) is 5.02 Å². The van der Waals surface area contributed by atoms with Crippen LogP contribution in [0.3, 0.4) is 0 Å². The highest BCUT2D eigenvalue weighted by molar-refractivity contribution is 6.39. The van der Waals surface area contributed by atoms with E-state index in [2.05, 4.69) is 15.6 Å². The Labute approximate surface area is 139 Å². The molecule has 24 heavy (non-hydrogen) atoms. The van der Waals surface area contributed by atoms with Gasteiger partial charge in [0.25, 0.3) is 5.91 Å². The van der Waals surface area contributed by atoms with E-state index in [-0.39, 0.29) is 28.8 Å². The zero-order chi connectivity index (χ0) is 18.1. The van der Waals surface area contributed by atoms with E-state index in [0.717, 1.165) is 5.01 Å². The monoisotopic (exact) mass is 364 g/mol. The second-order valence-corrected chi connectivity index (χ2v) is 5.36. The van der Waals surface area contributed by atoms with Crippen molar-refractivity contribution in [3.63, 3.8) is 0 Å². The van der Waals surface area contributed by atoms with Gasteiger partial charge in [-0.1, -0.05) is 16.8 Å². The van der Waals surface area contributed by atoms with E-state index >= 15 is 0 Å². The molecule has 0 bridgehead atoms. The Hall–Kier alpha value is -2.36. The third-order valence-corrected chi connectivity index (χ3v) is 3.39. The summed E-state index contributed by atoms with van der Waals surface area (Å²) >= 11 is 5.78. The summed E-state index contributed by atoms with van der Waals surface area (Å²) < 4.78 is 37.7. The molecule has 2 heterocycles. The molecular weight excluding hydrogens is 353 g/mol. The van der Waals surface area contributed by atoms with Gasteiger partial charge in [-0.3, -0.25) is 20.0 Å². The molecule has 1 amide bonds. The second-order valence-electron chi connectivity index (χ2n) is 4.95. The third kappa shape index (κ3) is 3.94. The Morgan fingerprint density at radius 3 is 2.62 bits per heavy atom. The molecule has 11 heteroatoms. The minimum absolute atomic E-state index is 0.00315. The lowest BCUT2D eigenvalue weighted by molar-refractivity contribution is -0.138. The van der Waals surface area contributed by atoms with Crippen molar-refractivity contribution in [1.29, 1.82) is 0 Å². The van der Waals surface area contributed by atoms with Crippen LogP contribution in [-0.2, 0) is 20.6 Å². The first-order valence-corrected chi connectivity index (χ1v) is 6.98. The van der Waals surface area contributed by atoms with Gasteiger partial charge in [0.1, 0.15) is 5.71 Å². The number of Topliss-reactive ketones (excluding diaryl/α,β-unsaturated/α-hetero) is 1. The number of oxime groups is 1. The zero-order valence-corrected chi connectivity index (χ0v) is 13.3. The van der Waals surface area contributed by atoms with Gasteiger partial charge in [-0.15, -0.1) is 0 Å². The Balaban J connectivity index is 2.04. The van der Waals surface area contributed by atoms with Crippen molar-refractivity contribution in [2.45, 2.75) is 25.6 Å². The summed E-state index contributed by atoms with van der Waals surface area (Å²) in [5.41, 5.74) is 1.48. The van der Waals surface area contributed by atoms with Gasteiger partial charge in [0.05, 0.1) is 10.6 Å². The summed E-state index contributed by atoms with van der Waals surface area (Å²) in [4.78, 5) is 31.6. The van der Waals surface area contributed by atoms with Crippen LogP contribution >= 0.6 is 11.6 Å². The Bertz CT molecular complexity index is 708. The zero-order valence-electron chi connectivity index (χ0n) is 12.5. The molecule has 1 aromatic heterocycles. The maximum atomic E-state index is 12.6. The summed E-state index contributed by atoms with van der Waals surface area (Å²) in [6.07, 6.45) is -4.98. The van der Waals surface area contributed by atoms with Gasteiger partial charge in [-0.05, 0) is 6.07 Å². The topological polar surface area (TPSA) is 83.9 Å². The van der Waals surface area contributed by atoms with E-state index in [1.54, 1.807) is 0 Å². The number of rotatable bonds is 4. The molecule has 130 valence electrons. The number of hydrazine groups is 1. The molecule has 1 aliphatic heterocycles. The normalized spacial score (nSPS) is 17.1. The average Bonchev–Trinajstić information content (AvgIpc) is 2.96. The number of ketones is 1. The third-order valence-electron chi connectivity index (χ3n) is 3.11. The summed E-state index contributed by atoms with van der Waals surface area (Å²) in [6.45, 7) is 1.29. The molecule has 0 aromatic carbocycles. The van der Waals surface area contributed by atoms with Gasteiger partial charge < -0.3 is 4.84 Å². The fourth-order valence-electron chi connectivity index (χ4n) is 1.85. The van der Waals surface area contributed by atoms with Crippen molar-refractivity contribution in [2.75, 3.05) is 12.1 Å². The standard InChI is InChI=1S/C13H12ClF3N4O3/c1-6(22)9-4-10(24-20-9)12(23)19-21(2)11-8(14)3-7(5-18-11)13(15,16)17/h3,5,10H,4H2,1-2H3,(H,19,23)/t10-/m1/s1. The molecule has 7 nitrogen and oxygen atoms in total. The molecule has 0 saturated carbocycles. The van der Waals surface area contributed by atoms with Crippen LogP contribution in [0.4, 0.5) is 19.0 Å². The molecule has 0 fully saturated rings. The highest BCUT2D eigenvalue weighted by atomic mass is 35.5. The number of aromatic nitrogens is 1. The molecule has 1 atom stereocenters. The number of amides is 1. The first-order valence-electron chi connectivity index (χ1n) is 6.60. The number of nitrogens with one attached hydrogen (secondary N) is 1. The minimum atomic E-state index is -4.57. The molecular formula is C13H12ClF3N4O3. The van der Waals surface area contributed by atoms with Crippen molar-refractivity contribution in [3.8, 4) is 0 Å². The summed E-state index contributed by atoms with van der Waals surface area (Å²) in [7, 11) is 1.35. The van der Waals surface area contributed by atoms with E-state index in [4.69, 9.17) is 16.4 Å². The molecule has 0 radical (unpaired) electrons. The number of hydrogen-bond acceptors (Lipinski definition) is 6. The number of pyridine rings is 1. The van der Waals surface area contributed by atoms with Crippen LogP contribution in [0, 0.1) is 0 Å². The molecule has 0 unspecified atom stereocenters. The summed E-state index contributed by atoms with van der Waals surface area (Å²) in [6, 6.07) is 0.704. The second kappa shape index (κ2) is 6.63. The van der Waals surface area contributed by atoms with Crippen molar-refractivity contribution >= 4 is 34.8 Å². The number of nitrogens with zero attached hydrogens (tertiary/aromatic N) is 3. The van der Waals surface area contributed by atoms with Crippen LogP contribution < -0.4 is 10.4 Å². The van der Waals surface area contributed by atoms with Crippen molar-refractivity contribution in [2.24, 2.45) is 5.16 Å². The fourth-order valence-corrected chi connectivity index (χ4v) is 2.14. The highest BCUT2D eigenvalue weighted by Crippen LogP contribution is 2.32. The van der Waals surface area contributed by atoms with E-state index in [9.17, 15) is 22.8 Å². The van der Waals surface area contributed by atoms with Crippen LogP contribution in [-0.4, -0.2) is 35.5 Å². The van der Waals surface area contributed by atoms with Crippen molar-refractivity contribution in [3.05, 3.63) is 22.8 Å². The molecule has 0 spiro atoms. The maximum Gasteiger partial charge on any atom is 0.417 e. The van der Waals surface area contributed by atoms with E-state index < -0.39 is 23.8 Å². The number of carbonyl (C=O) groups is 2. The number of hydrogen-bond donors (Lipinski definition) is 1. The van der Waals surface area contributed by atoms with Gasteiger partial charge in [0.2, 0.25) is 6.10 Å². The van der Waals surface area contributed by atoms with Gasteiger partial charge in [0, 0.05) is 26.6 Å². The maximum absolute atomic E-state index is 12.6. The molecule has 1 aliphatic rings. The Morgan fingerprint density at radius 1 is 1.46 bits per heavy atom. The summed E-state index contributed by atoms with van der Waals surface area (Å²) in [5, 5.41) is 4.26. The number of anilines is 1. The Morgan fingerprint density at radius 2 is 2.12 bits per heavy atom. The SMILES string of the molecule is CC(=O)C1=NO[C@@H](C(=O)NN(C)c2ncc(C(F)(F)F)cc2Cl)C1. The predicted molar refractivity (Wildman–Crippen MR) is 78.4 cm³/mol. The molecule has 1 N–H and O–H groups in total. The smallest absolute Gasteiger partial charge is 0.382 e. The number of halogens is 4. The van der Waals surface area contributed by atoms with Crippen LogP contribution in [0.15, 0.2) is 17.4 Å². The first-order chi connectivity index (χ1) is 11.1. The van der Waals surface area contributed by atoms with Gasteiger partial charge >= 0.3 is 6.18 Å². The molecule has 2 rings (SSSR count). The average molecular weight is 365 g/mol.